The van der Waals surface area contributed by atoms with Crippen LogP contribution in [0.1, 0.15) is 19.4 Å². The third kappa shape index (κ3) is 4.87. The smallest absolute Gasteiger partial charge is 0.317 e. The highest BCUT2D eigenvalue weighted by Crippen LogP contribution is 2.13. The minimum Gasteiger partial charge on any atom is -0.494 e. The molecule has 1 aliphatic rings. The van der Waals surface area contributed by atoms with Gasteiger partial charge in [-0.1, -0.05) is 12.1 Å². The van der Waals surface area contributed by atoms with Crippen LogP contribution in [0.15, 0.2) is 24.3 Å². The molecule has 6 nitrogen and oxygen atoms in total. The van der Waals surface area contributed by atoms with Crippen molar-refractivity contribution in [1.82, 2.24) is 15.1 Å². The van der Waals surface area contributed by atoms with Crippen LogP contribution in [0.4, 0.5) is 4.79 Å². The molecule has 3 amide bonds. The average Bonchev–Trinajstić information content (AvgIpc) is 2.57. The summed E-state index contributed by atoms with van der Waals surface area (Å²) in [5.41, 5.74) is 0.976. The van der Waals surface area contributed by atoms with Crippen LogP contribution in [-0.4, -0.2) is 61.1 Å². The Bertz CT molecular complexity index is 522. The van der Waals surface area contributed by atoms with Gasteiger partial charge in [-0.3, -0.25) is 4.79 Å². The molecule has 1 saturated heterocycles. The maximum atomic E-state index is 12.4. The van der Waals surface area contributed by atoms with Gasteiger partial charge in [0, 0.05) is 32.7 Å². The standard InChI is InChI=1S/C17H25N3O3/c1-3-18-17(22)20-11-9-19(10-12-20)16(21)13-14-5-7-15(8-6-14)23-4-2/h5-8H,3-4,9-13H2,1-2H3,(H,18,22). The summed E-state index contributed by atoms with van der Waals surface area (Å²) in [6.07, 6.45) is 0.383. The van der Waals surface area contributed by atoms with E-state index in [1.165, 1.54) is 0 Å². The lowest BCUT2D eigenvalue weighted by molar-refractivity contribution is -0.131. The number of carbonyl (C=O) groups is 2. The van der Waals surface area contributed by atoms with E-state index in [9.17, 15) is 9.59 Å². The second kappa shape index (κ2) is 8.41. The normalized spacial score (nSPS) is 14.5. The molecule has 0 unspecified atom stereocenters. The predicted octanol–water partition coefficient (Wildman–Crippen LogP) is 1.50. The van der Waals surface area contributed by atoms with Crippen LogP contribution >= 0.6 is 0 Å². The zero-order valence-electron chi connectivity index (χ0n) is 13.9. The van der Waals surface area contributed by atoms with Crippen molar-refractivity contribution in [3.8, 4) is 5.75 Å². The molecule has 0 bridgehead atoms. The highest BCUT2D eigenvalue weighted by atomic mass is 16.5. The second-order valence-corrected chi connectivity index (χ2v) is 5.46. The fourth-order valence-corrected chi connectivity index (χ4v) is 2.58. The summed E-state index contributed by atoms with van der Waals surface area (Å²) in [6, 6.07) is 7.58. The minimum atomic E-state index is -0.0499. The Kier molecular flexibility index (Phi) is 6.26. The van der Waals surface area contributed by atoms with Crippen molar-refractivity contribution in [3.05, 3.63) is 29.8 Å². The SMILES string of the molecule is CCNC(=O)N1CCN(C(=O)Cc2ccc(OCC)cc2)CC1. The number of hydrogen-bond acceptors (Lipinski definition) is 3. The lowest BCUT2D eigenvalue weighted by atomic mass is 10.1. The fraction of sp³-hybridized carbons (Fsp3) is 0.529. The van der Waals surface area contributed by atoms with Gasteiger partial charge in [-0.2, -0.15) is 0 Å². The second-order valence-electron chi connectivity index (χ2n) is 5.46. The number of amides is 3. The van der Waals surface area contributed by atoms with Gasteiger partial charge in [0.25, 0.3) is 0 Å². The number of hydrogen-bond donors (Lipinski definition) is 1. The Balaban J connectivity index is 1.81. The van der Waals surface area contributed by atoms with Crippen LogP contribution in [0.25, 0.3) is 0 Å². The topological polar surface area (TPSA) is 61.9 Å². The van der Waals surface area contributed by atoms with Crippen molar-refractivity contribution in [2.24, 2.45) is 0 Å². The summed E-state index contributed by atoms with van der Waals surface area (Å²) >= 11 is 0. The number of rotatable bonds is 5. The summed E-state index contributed by atoms with van der Waals surface area (Å²) in [5, 5.41) is 2.79. The summed E-state index contributed by atoms with van der Waals surface area (Å²) in [7, 11) is 0. The third-order valence-electron chi connectivity index (χ3n) is 3.84. The largest absolute Gasteiger partial charge is 0.494 e. The van der Waals surface area contributed by atoms with Crippen LogP contribution < -0.4 is 10.1 Å². The molecule has 1 heterocycles. The average molecular weight is 319 g/mol. The molecule has 1 aromatic rings. The van der Waals surface area contributed by atoms with Gasteiger partial charge in [0.15, 0.2) is 0 Å². The first-order chi connectivity index (χ1) is 11.1. The number of benzene rings is 1. The molecular weight excluding hydrogens is 294 g/mol. The van der Waals surface area contributed by atoms with Gasteiger partial charge in [0.05, 0.1) is 13.0 Å². The van der Waals surface area contributed by atoms with Gasteiger partial charge < -0.3 is 19.9 Å². The van der Waals surface area contributed by atoms with E-state index in [0.717, 1.165) is 11.3 Å². The molecule has 126 valence electrons. The lowest BCUT2D eigenvalue weighted by Crippen LogP contribution is -2.53. The maximum absolute atomic E-state index is 12.4. The van der Waals surface area contributed by atoms with Gasteiger partial charge in [0.1, 0.15) is 5.75 Å². The first kappa shape index (κ1) is 17.1. The van der Waals surface area contributed by atoms with Gasteiger partial charge in [0.2, 0.25) is 5.91 Å². The Morgan fingerprint density at radius 2 is 1.65 bits per heavy atom. The first-order valence-corrected chi connectivity index (χ1v) is 8.16. The summed E-state index contributed by atoms with van der Waals surface area (Å²) in [5.74, 6) is 0.920. The van der Waals surface area contributed by atoms with Gasteiger partial charge in [-0.05, 0) is 31.5 Å². The molecule has 2 rings (SSSR count). The number of nitrogens with zero attached hydrogens (tertiary/aromatic N) is 2. The zero-order valence-corrected chi connectivity index (χ0v) is 13.9. The van der Waals surface area contributed by atoms with Gasteiger partial charge >= 0.3 is 6.03 Å². The van der Waals surface area contributed by atoms with Crippen molar-refractivity contribution >= 4 is 11.9 Å². The van der Waals surface area contributed by atoms with Crippen molar-refractivity contribution in [1.29, 1.82) is 0 Å². The van der Waals surface area contributed by atoms with E-state index in [2.05, 4.69) is 5.32 Å². The molecule has 6 heteroatoms. The van der Waals surface area contributed by atoms with E-state index < -0.39 is 0 Å². The van der Waals surface area contributed by atoms with Gasteiger partial charge in [-0.25, -0.2) is 4.79 Å². The number of ether oxygens (including phenoxy) is 1. The quantitative estimate of drug-likeness (QED) is 0.895. The molecule has 1 aliphatic heterocycles. The minimum absolute atomic E-state index is 0.0499. The van der Waals surface area contributed by atoms with Crippen LogP contribution in [0.5, 0.6) is 5.75 Å². The van der Waals surface area contributed by atoms with Crippen LogP contribution in [0.2, 0.25) is 0 Å². The van der Waals surface area contributed by atoms with E-state index in [1.54, 1.807) is 4.90 Å². The number of carbonyl (C=O) groups excluding carboxylic acids is 2. The fourth-order valence-electron chi connectivity index (χ4n) is 2.58. The maximum Gasteiger partial charge on any atom is 0.317 e. The number of urea groups is 1. The van der Waals surface area contributed by atoms with Gasteiger partial charge in [-0.15, -0.1) is 0 Å². The van der Waals surface area contributed by atoms with E-state index in [1.807, 2.05) is 43.0 Å². The molecule has 0 radical (unpaired) electrons. The van der Waals surface area contributed by atoms with Crippen molar-refractivity contribution in [2.45, 2.75) is 20.3 Å². The molecule has 1 N–H and O–H groups in total. The Morgan fingerprint density at radius 3 is 2.22 bits per heavy atom. The van der Waals surface area contributed by atoms with Crippen LogP contribution in [0.3, 0.4) is 0 Å². The molecule has 0 spiro atoms. The van der Waals surface area contributed by atoms with Crippen molar-refractivity contribution < 1.29 is 14.3 Å². The Hall–Kier alpha value is -2.24. The summed E-state index contributed by atoms with van der Waals surface area (Å²) in [6.45, 7) is 7.44. The molecule has 23 heavy (non-hydrogen) atoms. The summed E-state index contributed by atoms with van der Waals surface area (Å²) < 4.78 is 5.40. The predicted molar refractivity (Wildman–Crippen MR) is 88.5 cm³/mol. The highest BCUT2D eigenvalue weighted by Gasteiger charge is 2.23. The first-order valence-electron chi connectivity index (χ1n) is 8.16. The lowest BCUT2D eigenvalue weighted by Gasteiger charge is -2.34. The van der Waals surface area contributed by atoms with Crippen LogP contribution in [-0.2, 0) is 11.2 Å². The molecule has 0 aromatic heterocycles. The molecule has 1 fully saturated rings. The molecular formula is C17H25N3O3. The molecule has 0 atom stereocenters. The van der Waals surface area contributed by atoms with E-state index in [4.69, 9.17) is 4.74 Å². The molecule has 0 saturated carbocycles. The zero-order chi connectivity index (χ0) is 16.7. The van der Waals surface area contributed by atoms with E-state index in [0.29, 0.717) is 45.8 Å². The number of piperazine rings is 1. The van der Waals surface area contributed by atoms with Crippen molar-refractivity contribution in [3.63, 3.8) is 0 Å². The number of nitrogens with one attached hydrogen (secondary N) is 1. The van der Waals surface area contributed by atoms with Crippen LogP contribution in [0, 0.1) is 0 Å². The molecule has 0 aliphatic carbocycles. The molecule has 1 aromatic carbocycles. The third-order valence-corrected chi connectivity index (χ3v) is 3.84. The Labute approximate surface area is 137 Å². The Morgan fingerprint density at radius 1 is 1.04 bits per heavy atom. The van der Waals surface area contributed by atoms with E-state index in [-0.39, 0.29) is 11.9 Å². The van der Waals surface area contributed by atoms with Crippen molar-refractivity contribution in [2.75, 3.05) is 39.3 Å². The monoisotopic (exact) mass is 319 g/mol. The van der Waals surface area contributed by atoms with E-state index >= 15 is 0 Å². The summed E-state index contributed by atoms with van der Waals surface area (Å²) in [4.78, 5) is 27.7. The highest BCUT2D eigenvalue weighted by molar-refractivity contribution is 5.79.